The van der Waals surface area contributed by atoms with Crippen LogP contribution in [0.25, 0.3) is 0 Å². The summed E-state index contributed by atoms with van der Waals surface area (Å²) in [4.78, 5) is 0. The first kappa shape index (κ1) is 6.74. The molecule has 0 spiro atoms. The van der Waals surface area contributed by atoms with Gasteiger partial charge in [0.25, 0.3) is 0 Å². The van der Waals surface area contributed by atoms with Gasteiger partial charge in [0.1, 0.15) is 0 Å². The standard InChI is InChI=1S/C6H10N2S/c7-1-5-3-9-4-6(5)2-8/h3-4H,1-2,7-8H2. The predicted octanol–water partition coefficient (Wildman–Crippen LogP) is 0.666. The molecule has 0 saturated heterocycles. The van der Waals surface area contributed by atoms with Crippen LogP contribution in [0.15, 0.2) is 10.8 Å². The van der Waals surface area contributed by atoms with Crippen LogP contribution in [-0.4, -0.2) is 0 Å². The zero-order valence-corrected chi connectivity index (χ0v) is 5.95. The van der Waals surface area contributed by atoms with E-state index in [2.05, 4.69) is 0 Å². The minimum atomic E-state index is 0.607. The SMILES string of the molecule is NCc1cscc1CN. The molecule has 0 radical (unpaired) electrons. The van der Waals surface area contributed by atoms with E-state index in [1.807, 2.05) is 10.8 Å². The molecule has 0 fully saturated rings. The van der Waals surface area contributed by atoms with Gasteiger partial charge in [-0.25, -0.2) is 0 Å². The van der Waals surface area contributed by atoms with Crippen molar-refractivity contribution < 1.29 is 0 Å². The second kappa shape index (κ2) is 2.96. The second-order valence-corrected chi connectivity index (χ2v) is 2.57. The van der Waals surface area contributed by atoms with Crippen LogP contribution >= 0.6 is 11.3 Å². The third kappa shape index (κ3) is 1.30. The number of rotatable bonds is 2. The van der Waals surface area contributed by atoms with Crippen LogP contribution in [0.3, 0.4) is 0 Å². The molecule has 4 N–H and O–H groups in total. The van der Waals surface area contributed by atoms with E-state index in [1.54, 1.807) is 11.3 Å². The van der Waals surface area contributed by atoms with Crippen LogP contribution in [-0.2, 0) is 13.1 Å². The van der Waals surface area contributed by atoms with Crippen LogP contribution in [0.5, 0.6) is 0 Å². The van der Waals surface area contributed by atoms with Gasteiger partial charge < -0.3 is 11.5 Å². The minimum absolute atomic E-state index is 0.607. The van der Waals surface area contributed by atoms with Gasteiger partial charge in [0.05, 0.1) is 0 Å². The first-order valence-electron chi connectivity index (χ1n) is 2.82. The number of nitrogens with two attached hydrogens (primary N) is 2. The van der Waals surface area contributed by atoms with Gasteiger partial charge in [-0.05, 0) is 21.9 Å². The lowest BCUT2D eigenvalue weighted by molar-refractivity contribution is 0.994. The topological polar surface area (TPSA) is 52.0 Å². The van der Waals surface area contributed by atoms with Gasteiger partial charge in [-0.3, -0.25) is 0 Å². The molecule has 50 valence electrons. The molecule has 0 amide bonds. The van der Waals surface area contributed by atoms with Crippen molar-refractivity contribution in [3.8, 4) is 0 Å². The Hall–Kier alpha value is -0.380. The molecule has 0 aliphatic heterocycles. The second-order valence-electron chi connectivity index (χ2n) is 1.83. The zero-order valence-electron chi connectivity index (χ0n) is 5.13. The molecule has 1 heterocycles. The Bertz CT molecular complexity index is 164. The average molecular weight is 142 g/mol. The summed E-state index contributed by atoms with van der Waals surface area (Å²) in [6.45, 7) is 1.21. The molecular formula is C6H10N2S. The Morgan fingerprint density at radius 2 is 1.56 bits per heavy atom. The van der Waals surface area contributed by atoms with E-state index >= 15 is 0 Å². The molecule has 3 heteroatoms. The maximum absolute atomic E-state index is 5.42. The minimum Gasteiger partial charge on any atom is -0.326 e. The van der Waals surface area contributed by atoms with Crippen molar-refractivity contribution in [2.24, 2.45) is 11.5 Å². The normalized spacial score (nSPS) is 10.0. The van der Waals surface area contributed by atoms with Crippen LogP contribution < -0.4 is 11.5 Å². The van der Waals surface area contributed by atoms with Gasteiger partial charge in [-0.15, -0.1) is 0 Å². The molecule has 1 aromatic rings. The third-order valence-corrected chi connectivity index (χ3v) is 2.11. The van der Waals surface area contributed by atoms with Crippen LogP contribution in [0, 0.1) is 0 Å². The molecule has 0 aliphatic rings. The quantitative estimate of drug-likeness (QED) is 0.637. The van der Waals surface area contributed by atoms with E-state index in [0.29, 0.717) is 13.1 Å². The first-order chi connectivity index (χ1) is 4.38. The number of hydrogen-bond acceptors (Lipinski definition) is 3. The molecule has 0 saturated carbocycles. The van der Waals surface area contributed by atoms with E-state index in [0.717, 1.165) is 0 Å². The smallest absolute Gasteiger partial charge is 0.0189 e. The third-order valence-electron chi connectivity index (χ3n) is 1.27. The van der Waals surface area contributed by atoms with Crippen molar-refractivity contribution in [2.45, 2.75) is 13.1 Å². The lowest BCUT2D eigenvalue weighted by Crippen LogP contribution is -2.02. The maximum Gasteiger partial charge on any atom is 0.0189 e. The summed E-state index contributed by atoms with van der Waals surface area (Å²) in [5.74, 6) is 0. The fourth-order valence-corrected chi connectivity index (χ4v) is 1.60. The highest BCUT2D eigenvalue weighted by Crippen LogP contribution is 2.12. The van der Waals surface area contributed by atoms with E-state index in [9.17, 15) is 0 Å². The van der Waals surface area contributed by atoms with Gasteiger partial charge in [0, 0.05) is 13.1 Å². The Morgan fingerprint density at radius 3 is 1.89 bits per heavy atom. The molecule has 1 aromatic heterocycles. The van der Waals surface area contributed by atoms with Gasteiger partial charge >= 0.3 is 0 Å². The summed E-state index contributed by atoms with van der Waals surface area (Å²) in [5.41, 5.74) is 13.2. The van der Waals surface area contributed by atoms with Crippen molar-refractivity contribution in [3.05, 3.63) is 21.9 Å². The molecule has 2 nitrogen and oxygen atoms in total. The lowest BCUT2D eigenvalue weighted by Gasteiger charge is -1.93. The highest BCUT2D eigenvalue weighted by molar-refractivity contribution is 7.08. The van der Waals surface area contributed by atoms with Gasteiger partial charge in [-0.2, -0.15) is 11.3 Å². The van der Waals surface area contributed by atoms with E-state index < -0.39 is 0 Å². The fourth-order valence-electron chi connectivity index (χ4n) is 0.708. The summed E-state index contributed by atoms with van der Waals surface area (Å²) < 4.78 is 0. The van der Waals surface area contributed by atoms with Gasteiger partial charge in [0.15, 0.2) is 0 Å². The maximum atomic E-state index is 5.42. The van der Waals surface area contributed by atoms with Gasteiger partial charge in [0.2, 0.25) is 0 Å². The van der Waals surface area contributed by atoms with E-state index in [4.69, 9.17) is 11.5 Å². The van der Waals surface area contributed by atoms with E-state index in [1.165, 1.54) is 11.1 Å². The molecule has 0 aliphatic carbocycles. The van der Waals surface area contributed by atoms with E-state index in [-0.39, 0.29) is 0 Å². The predicted molar refractivity (Wildman–Crippen MR) is 40.1 cm³/mol. The molecule has 0 bridgehead atoms. The summed E-state index contributed by atoms with van der Waals surface area (Å²) in [6, 6.07) is 0. The van der Waals surface area contributed by atoms with Crippen molar-refractivity contribution in [2.75, 3.05) is 0 Å². The van der Waals surface area contributed by atoms with Gasteiger partial charge in [-0.1, -0.05) is 0 Å². The number of thiophene rings is 1. The molecular weight excluding hydrogens is 132 g/mol. The Labute approximate surface area is 58.5 Å². The van der Waals surface area contributed by atoms with Crippen LogP contribution in [0.2, 0.25) is 0 Å². The highest BCUT2D eigenvalue weighted by Gasteiger charge is 1.97. The fraction of sp³-hybridized carbons (Fsp3) is 0.333. The molecule has 0 unspecified atom stereocenters. The average Bonchev–Trinajstić information content (AvgIpc) is 2.33. The Balaban J connectivity index is 2.85. The summed E-state index contributed by atoms with van der Waals surface area (Å²) in [6.07, 6.45) is 0. The molecule has 9 heavy (non-hydrogen) atoms. The van der Waals surface area contributed by atoms with Crippen molar-refractivity contribution >= 4 is 11.3 Å². The van der Waals surface area contributed by atoms with Crippen LogP contribution in [0.4, 0.5) is 0 Å². The summed E-state index contributed by atoms with van der Waals surface area (Å²) in [7, 11) is 0. The largest absolute Gasteiger partial charge is 0.326 e. The zero-order chi connectivity index (χ0) is 6.69. The Kier molecular flexibility index (Phi) is 2.22. The van der Waals surface area contributed by atoms with Crippen molar-refractivity contribution in [1.82, 2.24) is 0 Å². The Morgan fingerprint density at radius 1 is 1.11 bits per heavy atom. The molecule has 0 atom stereocenters. The number of hydrogen-bond donors (Lipinski definition) is 2. The van der Waals surface area contributed by atoms with Crippen molar-refractivity contribution in [3.63, 3.8) is 0 Å². The summed E-state index contributed by atoms with van der Waals surface area (Å²) >= 11 is 1.66. The summed E-state index contributed by atoms with van der Waals surface area (Å²) in [5, 5.41) is 4.09. The highest BCUT2D eigenvalue weighted by atomic mass is 32.1. The van der Waals surface area contributed by atoms with Crippen LogP contribution in [0.1, 0.15) is 11.1 Å². The monoisotopic (exact) mass is 142 g/mol. The molecule has 1 rings (SSSR count). The van der Waals surface area contributed by atoms with Crippen molar-refractivity contribution in [1.29, 1.82) is 0 Å². The molecule has 0 aromatic carbocycles. The first-order valence-corrected chi connectivity index (χ1v) is 3.77. The lowest BCUT2D eigenvalue weighted by atomic mass is 10.2.